The van der Waals surface area contributed by atoms with Gasteiger partial charge < -0.3 is 11.1 Å². The maximum Gasteiger partial charge on any atom is 0.238 e. The van der Waals surface area contributed by atoms with Gasteiger partial charge in [-0.1, -0.05) is 55.5 Å². The van der Waals surface area contributed by atoms with E-state index < -0.39 is 0 Å². The highest BCUT2D eigenvalue weighted by Crippen LogP contribution is 2.35. The van der Waals surface area contributed by atoms with E-state index in [1.165, 1.54) is 0 Å². The van der Waals surface area contributed by atoms with Gasteiger partial charge in [-0.15, -0.1) is 11.8 Å². The minimum absolute atomic E-state index is 0.0281. The number of hydrogen-bond donors (Lipinski definition) is 2. The number of nitrogens with two attached hydrogens (primary N) is 1. The number of benzene rings is 2. The molecule has 0 aliphatic carbocycles. The Morgan fingerprint density at radius 1 is 1.09 bits per heavy atom. The van der Waals surface area contributed by atoms with Gasteiger partial charge in [-0.05, 0) is 30.2 Å². The summed E-state index contributed by atoms with van der Waals surface area (Å²) in [6.07, 6.45) is 0. The lowest BCUT2D eigenvalue weighted by molar-refractivity contribution is -0.120. The molecule has 0 spiro atoms. The Hall–Kier alpha value is -1.78. The van der Waals surface area contributed by atoms with E-state index in [9.17, 15) is 4.79 Å². The standard InChI is InChI=1S/C18H22N2OS/c1-14(12-19)13-20-18(21)17(15-8-4-2-5-9-15)22-16-10-6-3-7-11-16/h2-11,14,17H,12-13,19H2,1H3,(H,20,21). The van der Waals surface area contributed by atoms with Crippen LogP contribution in [-0.4, -0.2) is 19.0 Å². The minimum Gasteiger partial charge on any atom is -0.355 e. The van der Waals surface area contributed by atoms with Gasteiger partial charge in [0.25, 0.3) is 0 Å². The highest BCUT2D eigenvalue weighted by molar-refractivity contribution is 8.00. The van der Waals surface area contributed by atoms with Crippen molar-refractivity contribution < 1.29 is 4.79 Å². The molecule has 3 nitrogen and oxygen atoms in total. The first-order chi connectivity index (χ1) is 10.7. The van der Waals surface area contributed by atoms with Crippen molar-refractivity contribution in [3.8, 4) is 0 Å². The van der Waals surface area contributed by atoms with Gasteiger partial charge in [-0.25, -0.2) is 0 Å². The Labute approximate surface area is 136 Å². The molecule has 0 fully saturated rings. The third-order valence-electron chi connectivity index (χ3n) is 3.36. The summed E-state index contributed by atoms with van der Waals surface area (Å²) in [5, 5.41) is 2.76. The van der Waals surface area contributed by atoms with Crippen LogP contribution in [0.2, 0.25) is 0 Å². The van der Waals surface area contributed by atoms with Crippen LogP contribution in [0.3, 0.4) is 0 Å². The lowest BCUT2D eigenvalue weighted by atomic mass is 10.1. The Morgan fingerprint density at radius 2 is 1.68 bits per heavy atom. The van der Waals surface area contributed by atoms with Gasteiger partial charge in [0.05, 0.1) is 0 Å². The molecule has 0 saturated carbocycles. The van der Waals surface area contributed by atoms with Crippen LogP contribution in [0.15, 0.2) is 65.6 Å². The highest BCUT2D eigenvalue weighted by atomic mass is 32.2. The first kappa shape index (κ1) is 16.6. The topological polar surface area (TPSA) is 55.1 Å². The Balaban J connectivity index is 2.13. The summed E-state index contributed by atoms with van der Waals surface area (Å²) in [4.78, 5) is 13.7. The molecule has 2 atom stereocenters. The largest absolute Gasteiger partial charge is 0.355 e. The zero-order valence-corrected chi connectivity index (χ0v) is 13.6. The number of amides is 1. The minimum atomic E-state index is -0.256. The predicted molar refractivity (Wildman–Crippen MR) is 92.7 cm³/mol. The van der Waals surface area contributed by atoms with Crippen molar-refractivity contribution in [3.63, 3.8) is 0 Å². The lowest BCUT2D eigenvalue weighted by Crippen LogP contribution is -2.33. The summed E-state index contributed by atoms with van der Waals surface area (Å²) in [6.45, 7) is 3.21. The molecule has 2 aromatic carbocycles. The van der Waals surface area contributed by atoms with E-state index >= 15 is 0 Å². The van der Waals surface area contributed by atoms with Crippen LogP contribution in [0.5, 0.6) is 0 Å². The van der Waals surface area contributed by atoms with E-state index in [2.05, 4.69) is 5.32 Å². The molecule has 0 aliphatic rings. The summed E-state index contributed by atoms with van der Waals surface area (Å²) in [6, 6.07) is 19.9. The van der Waals surface area contributed by atoms with E-state index in [1.807, 2.05) is 67.6 Å². The fourth-order valence-corrected chi connectivity index (χ4v) is 3.06. The zero-order valence-electron chi connectivity index (χ0n) is 12.7. The van der Waals surface area contributed by atoms with Crippen LogP contribution in [-0.2, 0) is 4.79 Å². The van der Waals surface area contributed by atoms with Crippen molar-refractivity contribution in [2.75, 3.05) is 13.1 Å². The zero-order chi connectivity index (χ0) is 15.8. The number of thioether (sulfide) groups is 1. The number of hydrogen-bond acceptors (Lipinski definition) is 3. The molecule has 4 heteroatoms. The van der Waals surface area contributed by atoms with Crippen molar-refractivity contribution in [1.29, 1.82) is 0 Å². The molecule has 0 aromatic heterocycles. The van der Waals surface area contributed by atoms with Crippen molar-refractivity contribution in [2.24, 2.45) is 11.7 Å². The van der Waals surface area contributed by atoms with E-state index in [4.69, 9.17) is 5.73 Å². The fourth-order valence-electron chi connectivity index (χ4n) is 1.99. The quantitative estimate of drug-likeness (QED) is 0.772. The summed E-state index contributed by atoms with van der Waals surface area (Å²) in [7, 11) is 0. The van der Waals surface area contributed by atoms with Crippen molar-refractivity contribution in [2.45, 2.75) is 17.1 Å². The van der Waals surface area contributed by atoms with Gasteiger partial charge in [-0.2, -0.15) is 0 Å². The second-order valence-corrected chi connectivity index (χ2v) is 6.49. The summed E-state index contributed by atoms with van der Waals surface area (Å²) < 4.78 is 0. The molecule has 2 rings (SSSR count). The molecule has 3 N–H and O–H groups in total. The second-order valence-electron chi connectivity index (χ2n) is 5.31. The van der Waals surface area contributed by atoms with Gasteiger partial charge >= 0.3 is 0 Å². The average molecular weight is 314 g/mol. The molecular weight excluding hydrogens is 292 g/mol. The van der Waals surface area contributed by atoms with E-state index in [-0.39, 0.29) is 17.1 Å². The molecule has 0 saturated heterocycles. The van der Waals surface area contributed by atoms with Crippen molar-refractivity contribution in [1.82, 2.24) is 5.32 Å². The maximum absolute atomic E-state index is 12.6. The molecule has 0 aliphatic heterocycles. The van der Waals surface area contributed by atoms with Crippen LogP contribution in [0.25, 0.3) is 0 Å². The second kappa shape index (κ2) is 8.61. The van der Waals surface area contributed by atoms with Crippen LogP contribution in [0.1, 0.15) is 17.7 Å². The molecule has 2 aromatic rings. The van der Waals surface area contributed by atoms with Crippen LogP contribution >= 0.6 is 11.8 Å². The van der Waals surface area contributed by atoms with Crippen LogP contribution < -0.4 is 11.1 Å². The van der Waals surface area contributed by atoms with Crippen LogP contribution in [0, 0.1) is 5.92 Å². The predicted octanol–water partition coefficient (Wildman–Crippen LogP) is 3.23. The molecule has 1 amide bonds. The molecular formula is C18H22N2OS. The number of rotatable bonds is 7. The third-order valence-corrected chi connectivity index (χ3v) is 4.63. The normalized spacial score (nSPS) is 13.4. The average Bonchev–Trinajstić information content (AvgIpc) is 2.59. The van der Waals surface area contributed by atoms with E-state index in [0.29, 0.717) is 13.1 Å². The lowest BCUT2D eigenvalue weighted by Gasteiger charge is -2.18. The van der Waals surface area contributed by atoms with Gasteiger partial charge in [0.1, 0.15) is 5.25 Å². The summed E-state index contributed by atoms with van der Waals surface area (Å²) in [5.41, 5.74) is 6.62. The Kier molecular flexibility index (Phi) is 6.49. The van der Waals surface area contributed by atoms with Gasteiger partial charge in [0.2, 0.25) is 5.91 Å². The summed E-state index contributed by atoms with van der Waals surface area (Å²) in [5.74, 6) is 0.308. The molecule has 0 bridgehead atoms. The first-order valence-corrected chi connectivity index (χ1v) is 8.33. The van der Waals surface area contributed by atoms with E-state index in [0.717, 1.165) is 10.5 Å². The van der Waals surface area contributed by atoms with Crippen molar-refractivity contribution in [3.05, 3.63) is 66.2 Å². The summed E-state index contributed by atoms with van der Waals surface area (Å²) >= 11 is 1.57. The molecule has 22 heavy (non-hydrogen) atoms. The monoisotopic (exact) mass is 314 g/mol. The van der Waals surface area contributed by atoms with Gasteiger partial charge in [0.15, 0.2) is 0 Å². The fraction of sp³-hybridized carbons (Fsp3) is 0.278. The van der Waals surface area contributed by atoms with Crippen LogP contribution in [0.4, 0.5) is 0 Å². The first-order valence-electron chi connectivity index (χ1n) is 7.45. The Morgan fingerprint density at radius 3 is 2.27 bits per heavy atom. The van der Waals surface area contributed by atoms with E-state index in [1.54, 1.807) is 11.8 Å². The molecule has 116 valence electrons. The molecule has 2 unspecified atom stereocenters. The number of carbonyl (C=O) groups is 1. The van der Waals surface area contributed by atoms with Gasteiger partial charge in [-0.3, -0.25) is 4.79 Å². The molecule has 0 radical (unpaired) electrons. The highest BCUT2D eigenvalue weighted by Gasteiger charge is 2.21. The Bertz CT molecular complexity index is 574. The van der Waals surface area contributed by atoms with Gasteiger partial charge in [0, 0.05) is 11.4 Å². The SMILES string of the molecule is CC(CN)CNC(=O)C(Sc1ccccc1)c1ccccc1. The number of carbonyl (C=O) groups excluding carboxylic acids is 1. The molecule has 0 heterocycles. The number of nitrogens with one attached hydrogen (secondary N) is 1. The van der Waals surface area contributed by atoms with Crippen molar-refractivity contribution >= 4 is 17.7 Å². The maximum atomic E-state index is 12.6. The smallest absolute Gasteiger partial charge is 0.238 e. The third kappa shape index (κ3) is 4.90.